The maximum atomic E-state index is 2.25. The van der Waals surface area contributed by atoms with E-state index in [4.69, 9.17) is 0 Å². The maximum absolute atomic E-state index is 2.25. The normalized spacial score (nSPS) is 13.6. The first-order chi connectivity index (χ1) is 3.93. The van der Waals surface area contributed by atoms with Gasteiger partial charge in [0.05, 0.1) is 0 Å². The summed E-state index contributed by atoms with van der Waals surface area (Å²) < 4.78 is 1.42. The SMILES string of the molecule is [Cl-].[Cl-].[Hf+2][CH2]CC1=CC=CC1. The molecule has 0 radical (unpaired) electrons. The van der Waals surface area contributed by atoms with E-state index in [0.717, 1.165) is 0 Å². The molecule has 55 valence electrons. The van der Waals surface area contributed by atoms with Crippen molar-refractivity contribution in [1.29, 1.82) is 0 Å². The Bertz CT molecular complexity index is 130. The van der Waals surface area contributed by atoms with Crippen molar-refractivity contribution in [2.75, 3.05) is 0 Å². The standard InChI is InChI=1S/C7H9.2ClH.Hf/c1-2-7-5-3-4-6-7;;;/h3-5H,1-2,6H2;2*1H;/q;;;+2/p-2. The molecule has 1 rings (SSSR count). The zero-order valence-electron chi connectivity index (χ0n) is 5.61. The summed E-state index contributed by atoms with van der Waals surface area (Å²) in [6, 6.07) is 0. The molecule has 0 fully saturated rings. The second-order valence-electron chi connectivity index (χ2n) is 1.96. The molecule has 0 aromatic rings. The minimum absolute atomic E-state index is 0. The van der Waals surface area contributed by atoms with Gasteiger partial charge in [0.15, 0.2) is 0 Å². The molecule has 1 aliphatic carbocycles. The molecule has 0 amide bonds. The first-order valence-corrected chi connectivity index (χ1v) is 5.46. The molecule has 1 aliphatic rings. The van der Waals surface area contributed by atoms with Crippen LogP contribution in [0.4, 0.5) is 0 Å². The number of allylic oxidation sites excluding steroid dienone is 4. The zero-order valence-corrected chi connectivity index (χ0v) is 10.7. The third-order valence-corrected chi connectivity index (χ3v) is 2.19. The van der Waals surface area contributed by atoms with Gasteiger partial charge in [0.25, 0.3) is 0 Å². The van der Waals surface area contributed by atoms with Crippen LogP contribution in [-0.2, 0) is 24.4 Å². The Balaban J connectivity index is 0. The molecular formula is C7H9Cl2Hf. The third-order valence-electron chi connectivity index (χ3n) is 1.29. The molecule has 0 saturated carbocycles. The summed E-state index contributed by atoms with van der Waals surface area (Å²) in [6.07, 6.45) is 9.21. The van der Waals surface area contributed by atoms with Gasteiger partial charge in [0, 0.05) is 0 Å². The van der Waals surface area contributed by atoms with Crippen molar-refractivity contribution in [3.05, 3.63) is 23.8 Å². The molecule has 0 aromatic heterocycles. The molecule has 0 N–H and O–H groups in total. The number of rotatable bonds is 2. The molecule has 0 heterocycles. The molecular weight excluding hydrogens is 333 g/mol. The van der Waals surface area contributed by atoms with Crippen LogP contribution < -0.4 is 24.8 Å². The van der Waals surface area contributed by atoms with Crippen molar-refractivity contribution in [1.82, 2.24) is 0 Å². The second kappa shape index (κ2) is 8.03. The van der Waals surface area contributed by atoms with Crippen LogP contribution in [0.25, 0.3) is 0 Å². The quantitative estimate of drug-likeness (QED) is 0.452. The average Bonchev–Trinajstić information content (AvgIpc) is 2.19. The Kier molecular flexibility index (Phi) is 10.9. The van der Waals surface area contributed by atoms with Gasteiger partial charge in [-0.1, -0.05) is 0 Å². The van der Waals surface area contributed by atoms with Crippen molar-refractivity contribution >= 4 is 0 Å². The van der Waals surface area contributed by atoms with Crippen LogP contribution in [-0.4, -0.2) is 0 Å². The van der Waals surface area contributed by atoms with Crippen LogP contribution >= 0.6 is 0 Å². The molecule has 0 atom stereocenters. The first kappa shape index (κ1) is 13.5. The molecule has 0 saturated heterocycles. The van der Waals surface area contributed by atoms with E-state index >= 15 is 0 Å². The van der Waals surface area contributed by atoms with Gasteiger partial charge >= 0.3 is 65.2 Å². The van der Waals surface area contributed by atoms with Crippen LogP contribution in [0.3, 0.4) is 0 Å². The number of hydrogen-bond acceptors (Lipinski definition) is 0. The summed E-state index contributed by atoms with van der Waals surface area (Å²) in [4.78, 5) is 0. The van der Waals surface area contributed by atoms with Gasteiger partial charge in [-0.15, -0.1) is 0 Å². The first-order valence-electron chi connectivity index (χ1n) is 2.92. The van der Waals surface area contributed by atoms with E-state index in [1.54, 1.807) is 5.57 Å². The van der Waals surface area contributed by atoms with Crippen LogP contribution in [0.5, 0.6) is 0 Å². The van der Waals surface area contributed by atoms with Gasteiger partial charge in [0.1, 0.15) is 0 Å². The van der Waals surface area contributed by atoms with E-state index in [1.165, 1.54) is 41.4 Å². The predicted octanol–water partition coefficient (Wildman–Crippen LogP) is -3.76. The summed E-state index contributed by atoms with van der Waals surface area (Å²) in [6.45, 7) is 0. The molecule has 10 heavy (non-hydrogen) atoms. The molecule has 0 unspecified atom stereocenters. The van der Waals surface area contributed by atoms with Crippen LogP contribution in [0.15, 0.2) is 23.8 Å². The zero-order chi connectivity index (χ0) is 5.82. The van der Waals surface area contributed by atoms with E-state index in [0.29, 0.717) is 0 Å². The van der Waals surface area contributed by atoms with E-state index in [2.05, 4.69) is 18.2 Å². The third kappa shape index (κ3) is 4.70. The van der Waals surface area contributed by atoms with Crippen molar-refractivity contribution < 1.29 is 49.2 Å². The summed E-state index contributed by atoms with van der Waals surface area (Å²) in [5.41, 5.74) is 1.63. The van der Waals surface area contributed by atoms with Gasteiger partial charge < -0.3 is 24.8 Å². The fourth-order valence-corrected chi connectivity index (χ4v) is 1.99. The fraction of sp³-hybridized carbons (Fsp3) is 0.429. The molecule has 0 aliphatic heterocycles. The minimum atomic E-state index is 0. The van der Waals surface area contributed by atoms with Gasteiger partial charge in [-0.25, -0.2) is 0 Å². The Morgan fingerprint density at radius 2 is 2.10 bits per heavy atom. The molecule has 0 aromatic carbocycles. The van der Waals surface area contributed by atoms with Crippen LogP contribution in [0.2, 0.25) is 4.18 Å². The van der Waals surface area contributed by atoms with Gasteiger partial charge in [0.2, 0.25) is 0 Å². The van der Waals surface area contributed by atoms with Gasteiger partial charge in [-0.2, -0.15) is 0 Å². The monoisotopic (exact) mass is 343 g/mol. The van der Waals surface area contributed by atoms with Crippen molar-refractivity contribution in [3.8, 4) is 0 Å². The summed E-state index contributed by atoms with van der Waals surface area (Å²) >= 11 is 1.36. The fourth-order valence-electron chi connectivity index (χ4n) is 0.838. The van der Waals surface area contributed by atoms with Gasteiger partial charge in [-0.05, 0) is 0 Å². The van der Waals surface area contributed by atoms with Crippen LogP contribution in [0.1, 0.15) is 12.8 Å². The van der Waals surface area contributed by atoms with E-state index in [9.17, 15) is 0 Å². The van der Waals surface area contributed by atoms with Gasteiger partial charge in [-0.3, -0.25) is 0 Å². The molecule has 3 heteroatoms. The van der Waals surface area contributed by atoms with Crippen LogP contribution in [0, 0.1) is 0 Å². The predicted molar refractivity (Wildman–Crippen MR) is 31.3 cm³/mol. The van der Waals surface area contributed by atoms with Crippen molar-refractivity contribution in [2.24, 2.45) is 0 Å². The summed E-state index contributed by atoms with van der Waals surface area (Å²) in [5.74, 6) is 0. The Hall–Kier alpha value is 0.930. The van der Waals surface area contributed by atoms with Crippen molar-refractivity contribution in [3.63, 3.8) is 0 Å². The molecule has 0 bridgehead atoms. The molecule has 0 spiro atoms. The topological polar surface area (TPSA) is 0 Å². The summed E-state index contributed by atoms with van der Waals surface area (Å²) in [5, 5.41) is 0. The molecule has 0 nitrogen and oxygen atoms in total. The van der Waals surface area contributed by atoms with E-state index in [-0.39, 0.29) is 24.8 Å². The average molecular weight is 343 g/mol. The van der Waals surface area contributed by atoms with E-state index < -0.39 is 0 Å². The Morgan fingerprint density at radius 1 is 1.40 bits per heavy atom. The Labute approximate surface area is 89.5 Å². The Morgan fingerprint density at radius 3 is 2.50 bits per heavy atom. The van der Waals surface area contributed by atoms with E-state index in [1.807, 2.05) is 0 Å². The number of hydrogen-bond donors (Lipinski definition) is 0. The summed E-state index contributed by atoms with van der Waals surface area (Å²) in [7, 11) is 0. The second-order valence-corrected chi connectivity index (χ2v) is 3.75. The van der Waals surface area contributed by atoms with Crippen molar-refractivity contribution in [2.45, 2.75) is 17.0 Å². The number of halogens is 2.